The zero-order valence-electron chi connectivity index (χ0n) is 15.2. The fourth-order valence-corrected chi connectivity index (χ4v) is 3.51. The second kappa shape index (κ2) is 8.96. The van der Waals surface area contributed by atoms with Crippen LogP contribution in [0.2, 0.25) is 0 Å². The van der Waals surface area contributed by atoms with E-state index in [1.165, 1.54) is 11.8 Å². The van der Waals surface area contributed by atoms with E-state index < -0.39 is 0 Å². The molecule has 2 aromatic rings. The summed E-state index contributed by atoms with van der Waals surface area (Å²) in [4.78, 5) is 14.4. The summed E-state index contributed by atoms with van der Waals surface area (Å²) in [5, 5.41) is 2.89. The van der Waals surface area contributed by atoms with E-state index in [2.05, 4.69) is 27.0 Å². The van der Waals surface area contributed by atoms with Crippen LogP contribution in [0.15, 0.2) is 42.6 Å². The zero-order chi connectivity index (χ0) is 18.4. The average Bonchev–Trinajstić information content (AvgIpc) is 2.97. The first-order chi connectivity index (χ1) is 12.7. The molecule has 1 aliphatic heterocycles. The Kier molecular flexibility index (Phi) is 6.41. The van der Waals surface area contributed by atoms with Crippen LogP contribution in [0.5, 0.6) is 0 Å². The molecule has 0 spiro atoms. The van der Waals surface area contributed by atoms with Gasteiger partial charge in [0.05, 0.1) is 6.61 Å². The molecule has 1 N–H and O–H groups in total. The topological polar surface area (TPSA) is 46.5 Å². The molecule has 2 heterocycles. The number of halogens is 1. The molecule has 5 nitrogen and oxygen atoms in total. The molecule has 1 amide bonds. The van der Waals surface area contributed by atoms with Gasteiger partial charge in [-0.05, 0) is 24.1 Å². The SMILES string of the molecule is COCCNC(=O)CC1CN(Cc2ccccc2F)Cc2cccn2C1. The van der Waals surface area contributed by atoms with Crippen molar-refractivity contribution in [2.75, 3.05) is 26.8 Å². The van der Waals surface area contributed by atoms with Crippen LogP contribution >= 0.6 is 0 Å². The van der Waals surface area contributed by atoms with Gasteiger partial charge in [-0.15, -0.1) is 0 Å². The molecule has 1 aliphatic rings. The highest BCUT2D eigenvalue weighted by atomic mass is 19.1. The van der Waals surface area contributed by atoms with Gasteiger partial charge in [-0.25, -0.2) is 4.39 Å². The molecule has 0 aliphatic carbocycles. The largest absolute Gasteiger partial charge is 0.383 e. The number of rotatable bonds is 7. The lowest BCUT2D eigenvalue weighted by Crippen LogP contribution is -2.33. The fraction of sp³-hybridized carbons (Fsp3) is 0.450. The molecule has 1 unspecified atom stereocenters. The van der Waals surface area contributed by atoms with Gasteiger partial charge in [-0.1, -0.05) is 18.2 Å². The van der Waals surface area contributed by atoms with Gasteiger partial charge >= 0.3 is 0 Å². The van der Waals surface area contributed by atoms with Crippen LogP contribution in [0.4, 0.5) is 4.39 Å². The number of fused-ring (bicyclic) bond motifs is 1. The van der Waals surface area contributed by atoms with Crippen molar-refractivity contribution in [3.05, 3.63) is 59.7 Å². The van der Waals surface area contributed by atoms with Gasteiger partial charge in [-0.3, -0.25) is 9.69 Å². The number of carbonyl (C=O) groups excluding carboxylic acids is 1. The predicted molar refractivity (Wildman–Crippen MR) is 97.9 cm³/mol. The fourth-order valence-electron chi connectivity index (χ4n) is 3.51. The Morgan fingerprint density at radius 2 is 2.12 bits per heavy atom. The Hall–Kier alpha value is -2.18. The summed E-state index contributed by atoms with van der Waals surface area (Å²) < 4.78 is 21.2. The number of hydrogen-bond acceptors (Lipinski definition) is 3. The molecule has 0 bridgehead atoms. The Balaban J connectivity index is 1.68. The lowest BCUT2D eigenvalue weighted by molar-refractivity contribution is -0.122. The van der Waals surface area contributed by atoms with Crippen molar-refractivity contribution in [1.29, 1.82) is 0 Å². The quantitative estimate of drug-likeness (QED) is 0.773. The molecular formula is C20H26FN3O2. The maximum absolute atomic E-state index is 14.1. The molecule has 0 fully saturated rings. The van der Waals surface area contributed by atoms with Crippen molar-refractivity contribution < 1.29 is 13.9 Å². The summed E-state index contributed by atoms with van der Waals surface area (Å²) in [6.45, 7) is 3.89. The van der Waals surface area contributed by atoms with Gasteiger partial charge < -0.3 is 14.6 Å². The summed E-state index contributed by atoms with van der Waals surface area (Å²) in [5.41, 5.74) is 1.89. The van der Waals surface area contributed by atoms with Crippen LogP contribution in [0.3, 0.4) is 0 Å². The first-order valence-electron chi connectivity index (χ1n) is 9.01. The van der Waals surface area contributed by atoms with Crippen LogP contribution in [-0.4, -0.2) is 42.2 Å². The third-order valence-corrected chi connectivity index (χ3v) is 4.73. The Labute approximate surface area is 153 Å². The standard InChI is InChI=1S/C20H26FN3O2/c1-26-10-8-22-20(25)11-16-12-23(14-17-5-2-3-7-19(17)21)15-18-6-4-9-24(18)13-16/h2-7,9,16H,8,10-15H2,1H3,(H,22,25). The molecular weight excluding hydrogens is 333 g/mol. The van der Waals surface area contributed by atoms with Crippen LogP contribution in [0.25, 0.3) is 0 Å². The number of carbonyl (C=O) groups is 1. The Morgan fingerprint density at radius 3 is 2.92 bits per heavy atom. The minimum Gasteiger partial charge on any atom is -0.383 e. The summed E-state index contributed by atoms with van der Waals surface area (Å²) >= 11 is 0. The molecule has 140 valence electrons. The average molecular weight is 359 g/mol. The third kappa shape index (κ3) is 4.93. The molecule has 0 saturated heterocycles. The van der Waals surface area contributed by atoms with Crippen molar-refractivity contribution in [2.45, 2.75) is 26.1 Å². The van der Waals surface area contributed by atoms with Gasteiger partial charge in [0, 0.05) is 63.7 Å². The van der Waals surface area contributed by atoms with Crippen LogP contribution in [-0.2, 0) is 29.2 Å². The number of amides is 1. The number of nitrogens with one attached hydrogen (secondary N) is 1. The minimum absolute atomic E-state index is 0.0356. The van der Waals surface area contributed by atoms with Crippen LogP contribution in [0, 0.1) is 11.7 Å². The first kappa shape index (κ1) is 18.6. The van der Waals surface area contributed by atoms with Gasteiger partial charge in [0.1, 0.15) is 5.82 Å². The van der Waals surface area contributed by atoms with Gasteiger partial charge in [0.25, 0.3) is 0 Å². The van der Waals surface area contributed by atoms with E-state index in [4.69, 9.17) is 4.74 Å². The molecule has 0 saturated carbocycles. The predicted octanol–water partition coefficient (Wildman–Crippen LogP) is 2.41. The van der Waals surface area contributed by atoms with E-state index in [-0.39, 0.29) is 17.6 Å². The molecule has 3 rings (SSSR count). The molecule has 6 heteroatoms. The number of hydrogen-bond donors (Lipinski definition) is 1. The molecule has 1 atom stereocenters. The number of methoxy groups -OCH3 is 1. The zero-order valence-corrected chi connectivity index (χ0v) is 15.2. The molecule has 1 aromatic heterocycles. The van der Waals surface area contributed by atoms with E-state index in [1.807, 2.05) is 18.2 Å². The maximum atomic E-state index is 14.1. The van der Waals surface area contributed by atoms with E-state index in [1.54, 1.807) is 13.2 Å². The Bertz CT molecular complexity index is 731. The van der Waals surface area contributed by atoms with Crippen LogP contribution in [0.1, 0.15) is 17.7 Å². The third-order valence-electron chi connectivity index (χ3n) is 4.73. The summed E-state index contributed by atoms with van der Waals surface area (Å²) in [6.07, 6.45) is 2.51. The van der Waals surface area contributed by atoms with E-state index in [0.717, 1.165) is 19.6 Å². The minimum atomic E-state index is -0.180. The molecule has 1 aromatic carbocycles. The highest BCUT2D eigenvalue weighted by molar-refractivity contribution is 5.76. The highest BCUT2D eigenvalue weighted by Crippen LogP contribution is 2.22. The van der Waals surface area contributed by atoms with E-state index >= 15 is 0 Å². The van der Waals surface area contributed by atoms with Crippen LogP contribution < -0.4 is 5.32 Å². The Morgan fingerprint density at radius 1 is 1.27 bits per heavy atom. The van der Waals surface area contributed by atoms with Crippen molar-refractivity contribution in [2.24, 2.45) is 5.92 Å². The molecule has 26 heavy (non-hydrogen) atoms. The monoisotopic (exact) mass is 359 g/mol. The molecule has 0 radical (unpaired) electrons. The van der Waals surface area contributed by atoms with Gasteiger partial charge in [0.2, 0.25) is 5.91 Å². The second-order valence-electron chi connectivity index (χ2n) is 6.83. The summed E-state index contributed by atoms with van der Waals surface area (Å²) in [6, 6.07) is 11.0. The number of aromatic nitrogens is 1. The number of benzene rings is 1. The van der Waals surface area contributed by atoms with Gasteiger partial charge in [0.15, 0.2) is 0 Å². The number of nitrogens with zero attached hydrogens (tertiary/aromatic N) is 2. The van der Waals surface area contributed by atoms with E-state index in [9.17, 15) is 9.18 Å². The summed E-state index contributed by atoms with van der Waals surface area (Å²) in [5.74, 6) is 0.0347. The summed E-state index contributed by atoms with van der Waals surface area (Å²) in [7, 11) is 1.62. The van der Waals surface area contributed by atoms with Crippen molar-refractivity contribution in [1.82, 2.24) is 14.8 Å². The number of ether oxygens (including phenoxy) is 1. The highest BCUT2D eigenvalue weighted by Gasteiger charge is 2.24. The lowest BCUT2D eigenvalue weighted by Gasteiger charge is -2.24. The maximum Gasteiger partial charge on any atom is 0.220 e. The smallest absolute Gasteiger partial charge is 0.220 e. The lowest BCUT2D eigenvalue weighted by atomic mass is 10.0. The van der Waals surface area contributed by atoms with Crippen molar-refractivity contribution in [3.63, 3.8) is 0 Å². The first-order valence-corrected chi connectivity index (χ1v) is 9.01. The van der Waals surface area contributed by atoms with Crippen molar-refractivity contribution in [3.8, 4) is 0 Å². The normalized spacial score (nSPS) is 17.5. The van der Waals surface area contributed by atoms with E-state index in [0.29, 0.717) is 31.7 Å². The second-order valence-corrected chi connectivity index (χ2v) is 6.83. The van der Waals surface area contributed by atoms with Crippen molar-refractivity contribution >= 4 is 5.91 Å². The van der Waals surface area contributed by atoms with Gasteiger partial charge in [-0.2, -0.15) is 0 Å².